The van der Waals surface area contributed by atoms with Gasteiger partial charge in [0.15, 0.2) is 0 Å². The maximum Gasteiger partial charge on any atom is 0.315 e. The molecule has 2 amide bonds. The van der Waals surface area contributed by atoms with Crippen LogP contribution >= 0.6 is 0 Å². The van der Waals surface area contributed by atoms with E-state index in [1.165, 1.54) is 44.9 Å². The molecular formula is C16H29N3O. The predicted octanol–water partition coefficient (Wildman–Crippen LogP) is 2.49. The summed E-state index contributed by atoms with van der Waals surface area (Å²) in [5.74, 6) is 0.758. The Hall–Kier alpha value is -0.770. The fourth-order valence-electron chi connectivity index (χ4n) is 3.65. The minimum atomic E-state index is 0.0491. The van der Waals surface area contributed by atoms with Crippen molar-refractivity contribution in [2.24, 2.45) is 5.92 Å². The largest absolute Gasteiger partial charge is 0.338 e. The molecule has 2 saturated carbocycles. The van der Waals surface area contributed by atoms with Crippen molar-refractivity contribution in [1.82, 2.24) is 15.5 Å². The van der Waals surface area contributed by atoms with E-state index in [4.69, 9.17) is 0 Å². The fraction of sp³-hybridized carbons (Fsp3) is 0.938. The van der Waals surface area contributed by atoms with Gasteiger partial charge in [0.05, 0.1) is 0 Å². The Morgan fingerprint density at radius 2 is 1.65 bits per heavy atom. The lowest BCUT2D eigenvalue weighted by Crippen LogP contribution is -2.50. The van der Waals surface area contributed by atoms with Gasteiger partial charge in [0.25, 0.3) is 0 Å². The van der Waals surface area contributed by atoms with Gasteiger partial charge in [-0.05, 0) is 44.4 Å². The summed E-state index contributed by atoms with van der Waals surface area (Å²) in [5.41, 5.74) is 0. The van der Waals surface area contributed by atoms with Gasteiger partial charge in [-0.2, -0.15) is 0 Å². The highest BCUT2D eigenvalue weighted by Crippen LogP contribution is 2.27. The number of hydrogen-bond donors (Lipinski definition) is 2. The Balaban J connectivity index is 1.33. The number of carbonyl (C=O) groups excluding carboxylic acids is 1. The van der Waals surface area contributed by atoms with Crippen molar-refractivity contribution >= 4 is 6.03 Å². The molecule has 0 radical (unpaired) electrons. The first-order valence-corrected chi connectivity index (χ1v) is 8.59. The third-order valence-electron chi connectivity index (χ3n) is 5.20. The van der Waals surface area contributed by atoms with E-state index < -0.39 is 0 Å². The number of urea groups is 1. The number of nitrogens with zero attached hydrogens (tertiary/aromatic N) is 1. The van der Waals surface area contributed by atoms with Crippen molar-refractivity contribution in [1.29, 1.82) is 0 Å². The number of nitrogens with one attached hydrogen (secondary N) is 2. The van der Waals surface area contributed by atoms with E-state index in [0.717, 1.165) is 44.4 Å². The van der Waals surface area contributed by atoms with E-state index in [0.29, 0.717) is 6.04 Å². The molecule has 2 N–H and O–H groups in total. The molecule has 1 heterocycles. The Morgan fingerprint density at radius 1 is 0.950 bits per heavy atom. The first-order valence-electron chi connectivity index (χ1n) is 8.59. The van der Waals surface area contributed by atoms with Crippen molar-refractivity contribution in [2.45, 2.75) is 69.9 Å². The average molecular weight is 279 g/mol. The molecule has 4 nitrogen and oxygen atoms in total. The molecule has 0 bridgehead atoms. The topological polar surface area (TPSA) is 44.4 Å². The number of amides is 2. The Labute approximate surface area is 122 Å². The van der Waals surface area contributed by atoms with Crippen molar-refractivity contribution < 1.29 is 4.79 Å². The van der Waals surface area contributed by atoms with Crippen LogP contribution < -0.4 is 10.6 Å². The van der Waals surface area contributed by atoms with Crippen LogP contribution in [0.15, 0.2) is 0 Å². The number of piperidine rings is 1. The third kappa shape index (κ3) is 4.11. The van der Waals surface area contributed by atoms with Gasteiger partial charge in [-0.3, -0.25) is 0 Å². The second-order valence-corrected chi connectivity index (χ2v) is 6.90. The molecule has 3 rings (SSSR count). The Kier molecular flexibility index (Phi) is 4.81. The summed E-state index contributed by atoms with van der Waals surface area (Å²) < 4.78 is 0. The van der Waals surface area contributed by atoms with Gasteiger partial charge in [0.2, 0.25) is 0 Å². The van der Waals surface area contributed by atoms with Crippen LogP contribution in [0.25, 0.3) is 0 Å². The van der Waals surface area contributed by atoms with Crippen LogP contribution in [-0.2, 0) is 0 Å². The number of carbonyl (C=O) groups is 1. The molecule has 0 aromatic heterocycles. The number of rotatable bonds is 4. The van der Waals surface area contributed by atoms with Crippen LogP contribution in [0.5, 0.6) is 0 Å². The molecule has 1 aliphatic heterocycles. The van der Waals surface area contributed by atoms with Gasteiger partial charge in [0, 0.05) is 31.7 Å². The monoisotopic (exact) mass is 279 g/mol. The van der Waals surface area contributed by atoms with Gasteiger partial charge in [-0.1, -0.05) is 19.3 Å². The van der Waals surface area contributed by atoms with Gasteiger partial charge < -0.3 is 15.5 Å². The summed E-state index contributed by atoms with van der Waals surface area (Å²) in [6.45, 7) is 3.20. The molecule has 0 unspecified atom stereocenters. The second-order valence-electron chi connectivity index (χ2n) is 6.90. The van der Waals surface area contributed by atoms with Crippen molar-refractivity contribution in [2.75, 3.05) is 19.6 Å². The lowest BCUT2D eigenvalue weighted by atomic mass is 9.92. The number of hydrogen-bond acceptors (Lipinski definition) is 2. The smallest absolute Gasteiger partial charge is 0.315 e. The molecule has 1 saturated heterocycles. The van der Waals surface area contributed by atoms with Gasteiger partial charge >= 0.3 is 6.03 Å². The third-order valence-corrected chi connectivity index (χ3v) is 5.20. The summed E-state index contributed by atoms with van der Waals surface area (Å²) in [6, 6.07) is 1.26. The second kappa shape index (κ2) is 6.79. The number of likely N-dealkylation sites (tertiary alicyclic amines) is 1. The molecule has 0 aromatic carbocycles. The summed E-state index contributed by atoms with van der Waals surface area (Å²) in [5, 5.41) is 6.15. The minimum Gasteiger partial charge on any atom is -0.338 e. The van der Waals surface area contributed by atoms with Crippen molar-refractivity contribution in [3.05, 3.63) is 0 Å². The first-order chi connectivity index (χ1) is 9.81. The van der Waals surface area contributed by atoms with E-state index in [2.05, 4.69) is 15.5 Å². The lowest BCUT2D eigenvalue weighted by molar-refractivity contribution is 0.117. The van der Waals surface area contributed by atoms with Crippen LogP contribution in [0, 0.1) is 5.92 Å². The molecule has 0 atom stereocenters. The van der Waals surface area contributed by atoms with Crippen LogP contribution in [0.1, 0.15) is 57.8 Å². The van der Waals surface area contributed by atoms with Crippen LogP contribution in [0.3, 0.4) is 0 Å². The lowest BCUT2D eigenvalue weighted by Gasteiger charge is -2.39. The molecule has 3 aliphatic rings. The first kappa shape index (κ1) is 14.2. The maximum absolute atomic E-state index is 11.8. The fourth-order valence-corrected chi connectivity index (χ4v) is 3.65. The highest BCUT2D eigenvalue weighted by molar-refractivity contribution is 5.74. The van der Waals surface area contributed by atoms with Crippen LogP contribution in [0.2, 0.25) is 0 Å². The van der Waals surface area contributed by atoms with Gasteiger partial charge in [-0.15, -0.1) is 0 Å². The van der Waals surface area contributed by atoms with E-state index in [1.807, 2.05) is 0 Å². The molecule has 20 heavy (non-hydrogen) atoms. The summed E-state index contributed by atoms with van der Waals surface area (Å²) in [4.78, 5) is 14.5. The zero-order chi connectivity index (χ0) is 13.8. The molecule has 114 valence electrons. The molecule has 2 aliphatic carbocycles. The van der Waals surface area contributed by atoms with Crippen LogP contribution in [0.4, 0.5) is 4.79 Å². The van der Waals surface area contributed by atoms with E-state index in [1.54, 1.807) is 0 Å². The predicted molar refractivity (Wildman–Crippen MR) is 80.7 cm³/mol. The molecular weight excluding hydrogens is 250 g/mol. The zero-order valence-corrected chi connectivity index (χ0v) is 12.6. The Bertz CT molecular complexity index is 316. The Morgan fingerprint density at radius 3 is 2.30 bits per heavy atom. The highest BCUT2D eigenvalue weighted by atomic mass is 16.2. The minimum absolute atomic E-state index is 0.0491. The quantitative estimate of drug-likeness (QED) is 0.830. The summed E-state index contributed by atoms with van der Waals surface area (Å²) in [7, 11) is 0. The van der Waals surface area contributed by atoms with Crippen LogP contribution in [-0.4, -0.2) is 42.6 Å². The van der Waals surface area contributed by atoms with Crippen molar-refractivity contribution in [3.63, 3.8) is 0 Å². The normalized spacial score (nSPS) is 26.4. The van der Waals surface area contributed by atoms with E-state index in [9.17, 15) is 4.79 Å². The standard InChI is InChI=1S/C16H29N3O/c20-16(17-12-13-6-7-13)18-14-8-10-19(11-9-14)15-4-2-1-3-5-15/h13-15H,1-12H2,(H2,17,18,20). The van der Waals surface area contributed by atoms with E-state index in [-0.39, 0.29) is 6.03 Å². The average Bonchev–Trinajstić information content (AvgIpc) is 3.31. The van der Waals surface area contributed by atoms with Crippen molar-refractivity contribution in [3.8, 4) is 0 Å². The van der Waals surface area contributed by atoms with Gasteiger partial charge in [-0.25, -0.2) is 4.79 Å². The van der Waals surface area contributed by atoms with Gasteiger partial charge in [0.1, 0.15) is 0 Å². The summed E-state index contributed by atoms with van der Waals surface area (Å²) in [6.07, 6.45) is 11.8. The molecule has 4 heteroatoms. The molecule has 0 spiro atoms. The van der Waals surface area contributed by atoms with E-state index >= 15 is 0 Å². The highest BCUT2D eigenvalue weighted by Gasteiger charge is 2.27. The molecule has 0 aromatic rings. The molecule has 3 fully saturated rings. The zero-order valence-electron chi connectivity index (χ0n) is 12.6. The summed E-state index contributed by atoms with van der Waals surface area (Å²) >= 11 is 0. The SMILES string of the molecule is O=C(NCC1CC1)NC1CCN(C2CCCCC2)CC1. The maximum atomic E-state index is 11.8.